The van der Waals surface area contributed by atoms with Crippen LogP contribution < -0.4 is 11.1 Å². The normalized spacial score (nSPS) is 10.7. The summed E-state index contributed by atoms with van der Waals surface area (Å²) in [5.74, 6) is -0.380. The number of rotatable bonds is 5. The van der Waals surface area contributed by atoms with E-state index in [2.05, 4.69) is 10.3 Å². The van der Waals surface area contributed by atoms with Crippen molar-refractivity contribution in [3.63, 3.8) is 0 Å². The third-order valence-electron chi connectivity index (χ3n) is 3.70. The van der Waals surface area contributed by atoms with E-state index in [1.54, 1.807) is 19.2 Å². The van der Waals surface area contributed by atoms with Gasteiger partial charge in [-0.25, -0.2) is 0 Å². The Bertz CT molecular complexity index is 896. The van der Waals surface area contributed by atoms with E-state index in [1.807, 2.05) is 36.4 Å². The van der Waals surface area contributed by atoms with E-state index < -0.39 is 5.91 Å². The Morgan fingerprint density at radius 3 is 2.74 bits per heavy atom. The second-order valence-electron chi connectivity index (χ2n) is 5.43. The number of anilines is 1. The molecule has 0 aliphatic rings. The molecule has 0 fully saturated rings. The van der Waals surface area contributed by atoms with Crippen molar-refractivity contribution in [2.75, 3.05) is 11.9 Å². The molecule has 116 valence electrons. The number of aromatic nitrogens is 1. The molecule has 0 bridgehead atoms. The Balaban J connectivity index is 2.05. The number of carbonyl (C=O) groups is 2. The van der Waals surface area contributed by atoms with Crippen LogP contribution in [-0.2, 0) is 4.79 Å². The van der Waals surface area contributed by atoms with Gasteiger partial charge in [0.2, 0.25) is 0 Å². The van der Waals surface area contributed by atoms with Gasteiger partial charge in [0.1, 0.15) is 5.78 Å². The van der Waals surface area contributed by atoms with Crippen molar-refractivity contribution >= 4 is 28.3 Å². The number of Topliss-reactive ketones (excluding diaryl/α,β-unsaturated/α-hetero) is 1. The zero-order valence-corrected chi connectivity index (χ0v) is 12.7. The summed E-state index contributed by atoms with van der Waals surface area (Å²) in [6, 6.07) is 13.4. The SMILES string of the molecule is CC(=O)CNc1cccc(-c2ccc(C(N)=O)c3[nH]ccc23)c1. The van der Waals surface area contributed by atoms with Gasteiger partial charge in [-0.05, 0) is 42.3 Å². The number of hydrogen-bond donors (Lipinski definition) is 3. The maximum absolute atomic E-state index is 11.5. The molecule has 0 radical (unpaired) electrons. The average Bonchev–Trinajstić information content (AvgIpc) is 3.01. The third kappa shape index (κ3) is 2.94. The van der Waals surface area contributed by atoms with Crippen molar-refractivity contribution in [1.82, 2.24) is 4.98 Å². The lowest BCUT2D eigenvalue weighted by Crippen LogP contribution is -2.11. The summed E-state index contributed by atoms with van der Waals surface area (Å²) in [6.07, 6.45) is 1.79. The number of nitrogens with one attached hydrogen (secondary N) is 2. The smallest absolute Gasteiger partial charge is 0.250 e. The molecule has 0 saturated carbocycles. The maximum Gasteiger partial charge on any atom is 0.250 e. The summed E-state index contributed by atoms with van der Waals surface area (Å²) < 4.78 is 0. The van der Waals surface area contributed by atoms with Crippen LogP contribution in [0.2, 0.25) is 0 Å². The molecule has 1 aromatic heterocycles. The molecule has 0 atom stereocenters. The number of nitrogens with two attached hydrogens (primary N) is 1. The van der Waals surface area contributed by atoms with Crippen LogP contribution in [0.5, 0.6) is 0 Å². The Morgan fingerprint density at radius 1 is 1.17 bits per heavy atom. The molecule has 0 unspecified atom stereocenters. The second-order valence-corrected chi connectivity index (χ2v) is 5.43. The summed E-state index contributed by atoms with van der Waals surface area (Å²) in [7, 11) is 0. The van der Waals surface area contributed by atoms with Crippen LogP contribution in [0.1, 0.15) is 17.3 Å². The van der Waals surface area contributed by atoms with E-state index in [1.165, 1.54) is 0 Å². The van der Waals surface area contributed by atoms with Gasteiger partial charge >= 0.3 is 0 Å². The van der Waals surface area contributed by atoms with Gasteiger partial charge in [0.15, 0.2) is 0 Å². The monoisotopic (exact) mass is 307 g/mol. The molecular formula is C18H17N3O2. The van der Waals surface area contributed by atoms with Crippen LogP contribution in [-0.4, -0.2) is 23.2 Å². The van der Waals surface area contributed by atoms with Crippen LogP contribution in [0.3, 0.4) is 0 Å². The Morgan fingerprint density at radius 2 is 2.00 bits per heavy atom. The van der Waals surface area contributed by atoms with Crippen LogP contribution in [0.15, 0.2) is 48.7 Å². The predicted octanol–water partition coefficient (Wildman–Crippen LogP) is 2.93. The van der Waals surface area contributed by atoms with Gasteiger partial charge in [0.05, 0.1) is 17.6 Å². The van der Waals surface area contributed by atoms with Crippen molar-refractivity contribution in [2.24, 2.45) is 5.73 Å². The standard InChI is InChI=1S/C18H17N3O2/c1-11(22)10-21-13-4-2-3-12(9-13)14-5-6-16(18(19)23)17-15(14)7-8-20-17/h2-9,20-21H,10H2,1H3,(H2,19,23). The number of aromatic amines is 1. The molecule has 2 aromatic carbocycles. The fourth-order valence-corrected chi connectivity index (χ4v) is 2.64. The minimum absolute atomic E-state index is 0.0780. The van der Waals surface area contributed by atoms with E-state index in [-0.39, 0.29) is 5.78 Å². The van der Waals surface area contributed by atoms with Gasteiger partial charge in [0.25, 0.3) is 5.91 Å². The molecular weight excluding hydrogens is 290 g/mol. The summed E-state index contributed by atoms with van der Waals surface area (Å²) in [6.45, 7) is 1.84. The number of ketones is 1. The van der Waals surface area contributed by atoms with E-state index in [0.717, 1.165) is 27.7 Å². The third-order valence-corrected chi connectivity index (χ3v) is 3.70. The molecule has 23 heavy (non-hydrogen) atoms. The number of fused-ring (bicyclic) bond motifs is 1. The van der Waals surface area contributed by atoms with Gasteiger partial charge in [-0.3, -0.25) is 9.59 Å². The molecule has 5 nitrogen and oxygen atoms in total. The van der Waals surface area contributed by atoms with E-state index in [4.69, 9.17) is 5.73 Å². The molecule has 0 aliphatic heterocycles. The average molecular weight is 307 g/mol. The molecule has 5 heteroatoms. The molecule has 1 heterocycles. The van der Waals surface area contributed by atoms with Gasteiger partial charge in [0, 0.05) is 17.3 Å². The summed E-state index contributed by atoms with van der Waals surface area (Å²) >= 11 is 0. The van der Waals surface area contributed by atoms with E-state index in [0.29, 0.717) is 12.1 Å². The van der Waals surface area contributed by atoms with E-state index in [9.17, 15) is 9.59 Å². The topological polar surface area (TPSA) is 88.0 Å². The lowest BCUT2D eigenvalue weighted by Gasteiger charge is -2.09. The predicted molar refractivity (Wildman–Crippen MR) is 91.4 cm³/mol. The Labute approximate surface area is 133 Å². The lowest BCUT2D eigenvalue weighted by molar-refractivity contribution is -0.115. The summed E-state index contributed by atoms with van der Waals surface area (Å²) in [5, 5.41) is 4.03. The van der Waals surface area contributed by atoms with Gasteiger partial charge < -0.3 is 16.0 Å². The molecule has 4 N–H and O–H groups in total. The first-order valence-corrected chi connectivity index (χ1v) is 7.30. The minimum atomic E-state index is -0.458. The van der Waals surface area contributed by atoms with E-state index >= 15 is 0 Å². The van der Waals surface area contributed by atoms with Crippen LogP contribution in [0.25, 0.3) is 22.0 Å². The lowest BCUT2D eigenvalue weighted by atomic mass is 9.98. The van der Waals surface area contributed by atoms with Crippen LogP contribution in [0.4, 0.5) is 5.69 Å². The highest BCUT2D eigenvalue weighted by Crippen LogP contribution is 2.31. The highest BCUT2D eigenvalue weighted by molar-refractivity contribution is 6.09. The molecule has 3 rings (SSSR count). The summed E-state index contributed by atoms with van der Waals surface area (Å²) in [4.78, 5) is 25.7. The molecule has 0 aliphatic carbocycles. The highest BCUT2D eigenvalue weighted by Gasteiger charge is 2.12. The Kier molecular flexibility index (Phi) is 3.85. The van der Waals surface area contributed by atoms with Gasteiger partial charge in [-0.1, -0.05) is 18.2 Å². The first-order valence-electron chi connectivity index (χ1n) is 7.30. The molecule has 1 amide bonds. The summed E-state index contributed by atoms with van der Waals surface area (Å²) in [5.41, 5.74) is 9.50. The van der Waals surface area contributed by atoms with Gasteiger partial charge in [-0.15, -0.1) is 0 Å². The fraction of sp³-hybridized carbons (Fsp3) is 0.111. The van der Waals surface area contributed by atoms with Crippen molar-refractivity contribution < 1.29 is 9.59 Å². The zero-order chi connectivity index (χ0) is 16.4. The first-order chi connectivity index (χ1) is 11.1. The molecule has 0 spiro atoms. The number of benzene rings is 2. The number of H-pyrrole nitrogens is 1. The minimum Gasteiger partial charge on any atom is -0.378 e. The van der Waals surface area contributed by atoms with Crippen molar-refractivity contribution in [3.8, 4) is 11.1 Å². The Hall–Kier alpha value is -3.08. The molecule has 0 saturated heterocycles. The van der Waals surface area contributed by atoms with Crippen LogP contribution in [0, 0.1) is 0 Å². The number of primary amides is 1. The largest absolute Gasteiger partial charge is 0.378 e. The molecule has 3 aromatic rings. The number of amides is 1. The highest BCUT2D eigenvalue weighted by atomic mass is 16.1. The second kappa shape index (κ2) is 5.96. The van der Waals surface area contributed by atoms with Crippen molar-refractivity contribution in [1.29, 1.82) is 0 Å². The van der Waals surface area contributed by atoms with Crippen LogP contribution >= 0.6 is 0 Å². The fourth-order valence-electron chi connectivity index (χ4n) is 2.64. The maximum atomic E-state index is 11.5. The van der Waals surface area contributed by atoms with Crippen molar-refractivity contribution in [2.45, 2.75) is 6.92 Å². The van der Waals surface area contributed by atoms with Crippen molar-refractivity contribution in [3.05, 3.63) is 54.2 Å². The first kappa shape index (κ1) is 14.8. The quantitative estimate of drug-likeness (QED) is 0.677. The number of hydrogen-bond acceptors (Lipinski definition) is 3. The zero-order valence-electron chi connectivity index (χ0n) is 12.7. The van der Waals surface area contributed by atoms with Gasteiger partial charge in [-0.2, -0.15) is 0 Å². The number of carbonyl (C=O) groups excluding carboxylic acids is 2.